The van der Waals surface area contributed by atoms with Gasteiger partial charge in [0, 0.05) is 5.56 Å². The molecular weight excluding hydrogens is 572 g/mol. The largest absolute Gasteiger partial charge is 0.494 e. The zero-order chi connectivity index (χ0) is 30.6. The molecule has 1 atom stereocenters. The van der Waals surface area contributed by atoms with Gasteiger partial charge >= 0.3 is 5.97 Å². The number of carbonyl (C=O) groups is 1. The molecule has 8 heteroatoms. The van der Waals surface area contributed by atoms with E-state index in [2.05, 4.69) is 29.3 Å². The van der Waals surface area contributed by atoms with Crippen molar-refractivity contribution in [3.8, 4) is 11.5 Å². The van der Waals surface area contributed by atoms with Crippen molar-refractivity contribution < 1.29 is 19.0 Å². The standard InChI is InChI=1S/C36H32N2O5S/c1-4-41-30-16-9-8-15-29(30)33-32(35(40)42-5-2)23(3)37-36-38(33)34(39)31(44-36)21-24-17-19-27(20-18-24)43-22-26-13-10-12-25-11-6-7-14-28(25)26/h6-21,33H,4-5,22H2,1-3H3/b31-21-/t33-/m0/s1. The molecule has 0 unspecified atom stereocenters. The summed E-state index contributed by atoms with van der Waals surface area (Å²) in [6.45, 7) is 6.53. The van der Waals surface area contributed by atoms with Crippen LogP contribution in [0.3, 0.4) is 0 Å². The average Bonchev–Trinajstić information content (AvgIpc) is 3.34. The molecule has 0 saturated heterocycles. The van der Waals surface area contributed by atoms with Gasteiger partial charge in [-0.15, -0.1) is 0 Å². The Morgan fingerprint density at radius 3 is 2.45 bits per heavy atom. The lowest BCUT2D eigenvalue weighted by molar-refractivity contribution is -0.139. The van der Waals surface area contributed by atoms with Gasteiger partial charge in [0.15, 0.2) is 4.80 Å². The van der Waals surface area contributed by atoms with Crippen LogP contribution in [-0.2, 0) is 16.1 Å². The van der Waals surface area contributed by atoms with Crippen LogP contribution in [0.15, 0.2) is 112 Å². The first kappa shape index (κ1) is 29.1. The van der Waals surface area contributed by atoms with E-state index in [0.717, 1.165) is 16.9 Å². The van der Waals surface area contributed by atoms with Crippen molar-refractivity contribution >= 4 is 34.2 Å². The van der Waals surface area contributed by atoms with Gasteiger partial charge in [-0.3, -0.25) is 9.36 Å². The smallest absolute Gasteiger partial charge is 0.338 e. The van der Waals surface area contributed by atoms with Crippen molar-refractivity contribution in [2.24, 2.45) is 4.99 Å². The summed E-state index contributed by atoms with van der Waals surface area (Å²) in [6, 6.07) is 28.8. The SMILES string of the molecule is CCOC(=O)C1=C(C)N=c2s/c(=C\c3ccc(OCc4cccc5ccccc45)cc3)c(=O)n2[C@H]1c1ccccc1OCC. The molecule has 44 heavy (non-hydrogen) atoms. The molecule has 6 rings (SSSR count). The fraction of sp³-hybridized carbons (Fsp3) is 0.194. The molecule has 7 nitrogen and oxygen atoms in total. The zero-order valence-electron chi connectivity index (χ0n) is 24.8. The van der Waals surface area contributed by atoms with Crippen molar-refractivity contribution in [2.75, 3.05) is 13.2 Å². The molecule has 222 valence electrons. The summed E-state index contributed by atoms with van der Waals surface area (Å²) >= 11 is 1.29. The van der Waals surface area contributed by atoms with E-state index in [1.54, 1.807) is 18.4 Å². The van der Waals surface area contributed by atoms with E-state index in [4.69, 9.17) is 14.2 Å². The molecule has 0 amide bonds. The van der Waals surface area contributed by atoms with Gasteiger partial charge < -0.3 is 14.2 Å². The van der Waals surface area contributed by atoms with E-state index in [1.165, 1.54) is 22.1 Å². The number of thiazole rings is 1. The summed E-state index contributed by atoms with van der Waals surface area (Å²) in [5.41, 5.74) is 3.26. The van der Waals surface area contributed by atoms with Gasteiger partial charge in [0.05, 0.1) is 29.0 Å². The first-order valence-corrected chi connectivity index (χ1v) is 15.4. The number of esters is 1. The number of benzene rings is 4. The van der Waals surface area contributed by atoms with Crippen molar-refractivity contribution in [2.45, 2.75) is 33.4 Å². The van der Waals surface area contributed by atoms with Gasteiger partial charge in [0.25, 0.3) is 5.56 Å². The highest BCUT2D eigenvalue weighted by molar-refractivity contribution is 7.07. The number of rotatable bonds is 9. The molecule has 0 saturated carbocycles. The second-order valence-electron chi connectivity index (χ2n) is 10.3. The highest BCUT2D eigenvalue weighted by atomic mass is 32.1. The minimum Gasteiger partial charge on any atom is -0.494 e. The lowest BCUT2D eigenvalue weighted by Crippen LogP contribution is -2.40. The Morgan fingerprint density at radius 1 is 0.909 bits per heavy atom. The first-order valence-electron chi connectivity index (χ1n) is 14.6. The maximum absolute atomic E-state index is 14.0. The Morgan fingerprint density at radius 2 is 1.66 bits per heavy atom. The van der Waals surface area contributed by atoms with Crippen molar-refractivity contribution in [3.63, 3.8) is 0 Å². The Balaban J connectivity index is 1.34. The number of para-hydroxylation sites is 1. The number of hydrogen-bond acceptors (Lipinski definition) is 7. The van der Waals surface area contributed by atoms with Crippen LogP contribution in [0.25, 0.3) is 16.8 Å². The van der Waals surface area contributed by atoms with Crippen LogP contribution in [-0.4, -0.2) is 23.8 Å². The molecule has 0 fully saturated rings. The van der Waals surface area contributed by atoms with Crippen LogP contribution >= 0.6 is 11.3 Å². The van der Waals surface area contributed by atoms with Crippen LogP contribution in [0, 0.1) is 0 Å². The highest BCUT2D eigenvalue weighted by Crippen LogP contribution is 2.35. The minimum atomic E-state index is -0.736. The Hall–Kier alpha value is -4.95. The van der Waals surface area contributed by atoms with Gasteiger partial charge in [-0.1, -0.05) is 84.1 Å². The normalized spacial score (nSPS) is 14.7. The molecule has 1 aromatic heterocycles. The van der Waals surface area contributed by atoms with Gasteiger partial charge in [0.2, 0.25) is 0 Å². The third-order valence-electron chi connectivity index (χ3n) is 7.48. The maximum atomic E-state index is 14.0. The van der Waals surface area contributed by atoms with E-state index in [0.29, 0.717) is 45.1 Å². The van der Waals surface area contributed by atoms with E-state index in [9.17, 15) is 9.59 Å². The lowest BCUT2D eigenvalue weighted by atomic mass is 9.95. The topological polar surface area (TPSA) is 79.1 Å². The molecule has 1 aliphatic rings. The van der Waals surface area contributed by atoms with Crippen LogP contribution in [0.4, 0.5) is 0 Å². The van der Waals surface area contributed by atoms with Crippen molar-refractivity contribution in [3.05, 3.63) is 139 Å². The fourth-order valence-corrected chi connectivity index (χ4v) is 6.52. The van der Waals surface area contributed by atoms with Crippen LogP contribution in [0.5, 0.6) is 11.5 Å². The summed E-state index contributed by atoms with van der Waals surface area (Å²) in [5.74, 6) is 0.836. The molecule has 2 heterocycles. The number of fused-ring (bicyclic) bond motifs is 2. The molecule has 0 N–H and O–H groups in total. The molecule has 0 aliphatic carbocycles. The van der Waals surface area contributed by atoms with E-state index < -0.39 is 12.0 Å². The second kappa shape index (κ2) is 12.7. The Bertz CT molecular complexity index is 2050. The van der Waals surface area contributed by atoms with Gasteiger partial charge in [-0.25, -0.2) is 9.79 Å². The average molecular weight is 605 g/mol. The Labute approximate surface area is 259 Å². The lowest BCUT2D eigenvalue weighted by Gasteiger charge is -2.26. The number of carbonyl (C=O) groups excluding carboxylic acids is 1. The molecule has 0 spiro atoms. The summed E-state index contributed by atoms with van der Waals surface area (Å²) in [7, 11) is 0. The molecular formula is C36H32N2O5S. The number of nitrogens with zero attached hydrogens (tertiary/aromatic N) is 2. The van der Waals surface area contributed by atoms with Crippen molar-refractivity contribution in [1.29, 1.82) is 0 Å². The minimum absolute atomic E-state index is 0.210. The monoisotopic (exact) mass is 604 g/mol. The second-order valence-corrected chi connectivity index (χ2v) is 11.3. The predicted octanol–water partition coefficient (Wildman–Crippen LogP) is 5.93. The quantitative estimate of drug-likeness (QED) is 0.195. The van der Waals surface area contributed by atoms with Crippen LogP contribution in [0.2, 0.25) is 0 Å². The van der Waals surface area contributed by atoms with Crippen molar-refractivity contribution in [1.82, 2.24) is 4.57 Å². The summed E-state index contributed by atoms with van der Waals surface area (Å²) in [5, 5.41) is 2.35. The zero-order valence-corrected chi connectivity index (χ0v) is 25.6. The molecule has 4 aromatic carbocycles. The van der Waals surface area contributed by atoms with E-state index in [-0.39, 0.29) is 12.2 Å². The third kappa shape index (κ3) is 5.68. The Kier molecular flexibility index (Phi) is 8.43. The summed E-state index contributed by atoms with van der Waals surface area (Å²) < 4.78 is 19.5. The summed E-state index contributed by atoms with van der Waals surface area (Å²) in [4.78, 5) is 32.4. The third-order valence-corrected chi connectivity index (χ3v) is 8.47. The van der Waals surface area contributed by atoms with E-state index in [1.807, 2.05) is 79.7 Å². The first-order chi connectivity index (χ1) is 21.5. The van der Waals surface area contributed by atoms with E-state index >= 15 is 0 Å². The van der Waals surface area contributed by atoms with Gasteiger partial charge in [-0.2, -0.15) is 0 Å². The number of aromatic nitrogens is 1. The van der Waals surface area contributed by atoms with Gasteiger partial charge in [0.1, 0.15) is 24.1 Å². The molecule has 0 bridgehead atoms. The summed E-state index contributed by atoms with van der Waals surface area (Å²) in [6.07, 6.45) is 1.84. The van der Waals surface area contributed by atoms with Crippen LogP contribution < -0.4 is 24.4 Å². The predicted molar refractivity (Wildman–Crippen MR) is 173 cm³/mol. The highest BCUT2D eigenvalue weighted by Gasteiger charge is 2.35. The van der Waals surface area contributed by atoms with Crippen LogP contribution in [0.1, 0.15) is 43.5 Å². The van der Waals surface area contributed by atoms with Gasteiger partial charge in [-0.05, 0) is 66.9 Å². The molecule has 5 aromatic rings. The molecule has 1 aliphatic heterocycles. The number of allylic oxidation sites excluding steroid dienone is 1. The number of ether oxygens (including phenoxy) is 3. The maximum Gasteiger partial charge on any atom is 0.338 e. The number of hydrogen-bond donors (Lipinski definition) is 0. The molecule has 0 radical (unpaired) electrons. The fourth-order valence-electron chi connectivity index (χ4n) is 5.47.